The minimum absolute atomic E-state index is 0.131. The van der Waals surface area contributed by atoms with Gasteiger partial charge in [0.1, 0.15) is 6.61 Å². The summed E-state index contributed by atoms with van der Waals surface area (Å²) in [5, 5.41) is 0. The van der Waals surface area contributed by atoms with Gasteiger partial charge in [0.05, 0.1) is 11.2 Å². The summed E-state index contributed by atoms with van der Waals surface area (Å²) < 4.78 is 17.7. The van der Waals surface area contributed by atoms with Crippen molar-refractivity contribution in [2.24, 2.45) is 11.8 Å². The lowest BCUT2D eigenvalue weighted by molar-refractivity contribution is 0.00578. The molecule has 0 saturated carbocycles. The number of carbonyl (C=O) groups is 1. The summed E-state index contributed by atoms with van der Waals surface area (Å²) in [4.78, 5) is 14.3. The minimum Gasteiger partial charge on any atom is -0.445 e. The first-order valence-electron chi connectivity index (χ1n) is 10.5. The van der Waals surface area contributed by atoms with E-state index in [0.29, 0.717) is 18.4 Å². The summed E-state index contributed by atoms with van der Waals surface area (Å²) in [6.45, 7) is 12.5. The Morgan fingerprint density at radius 2 is 1.79 bits per heavy atom. The van der Waals surface area contributed by atoms with Gasteiger partial charge in [0.15, 0.2) is 0 Å². The quantitative estimate of drug-likeness (QED) is 0.660. The summed E-state index contributed by atoms with van der Waals surface area (Å²) in [5.74, 6) is 0.995. The van der Waals surface area contributed by atoms with Crippen LogP contribution in [0.4, 0.5) is 4.79 Å². The van der Waals surface area contributed by atoms with E-state index in [1.165, 1.54) is 0 Å². The van der Waals surface area contributed by atoms with Gasteiger partial charge in [-0.25, -0.2) is 4.79 Å². The standard InChI is InChI=1S/C22H34BNO4/c1-17-14-24(20(25)26-16-18-10-7-6-8-11-18)15-19(17)12-9-13-23-27-21(2,3)22(4,5)28-23/h6-8,10-11,17,19H,9,12-16H2,1-5H3. The van der Waals surface area contributed by atoms with Gasteiger partial charge < -0.3 is 18.9 Å². The van der Waals surface area contributed by atoms with E-state index in [2.05, 4.69) is 34.6 Å². The second-order valence-electron chi connectivity index (χ2n) is 9.30. The molecule has 2 atom stereocenters. The van der Waals surface area contributed by atoms with Gasteiger partial charge in [-0.1, -0.05) is 43.7 Å². The van der Waals surface area contributed by atoms with Crippen LogP contribution in [-0.2, 0) is 20.7 Å². The van der Waals surface area contributed by atoms with Gasteiger partial charge in [-0.15, -0.1) is 0 Å². The molecule has 5 nitrogen and oxygen atoms in total. The second-order valence-corrected chi connectivity index (χ2v) is 9.30. The molecule has 2 fully saturated rings. The Morgan fingerprint density at radius 3 is 2.43 bits per heavy atom. The van der Waals surface area contributed by atoms with Crippen LogP contribution < -0.4 is 0 Å². The number of likely N-dealkylation sites (tertiary alicyclic amines) is 1. The fourth-order valence-electron chi connectivity index (χ4n) is 4.00. The highest BCUT2D eigenvalue weighted by Gasteiger charge is 2.50. The van der Waals surface area contributed by atoms with Crippen LogP contribution in [0.15, 0.2) is 30.3 Å². The molecule has 2 heterocycles. The van der Waals surface area contributed by atoms with Crippen LogP contribution in [0.2, 0.25) is 6.32 Å². The Balaban J connectivity index is 1.40. The largest absolute Gasteiger partial charge is 0.457 e. The maximum absolute atomic E-state index is 12.4. The van der Waals surface area contributed by atoms with Gasteiger partial charge in [0.2, 0.25) is 0 Å². The zero-order chi connectivity index (χ0) is 20.4. The van der Waals surface area contributed by atoms with Crippen molar-refractivity contribution in [3.05, 3.63) is 35.9 Å². The van der Waals surface area contributed by atoms with Crippen LogP contribution in [0, 0.1) is 11.8 Å². The average Bonchev–Trinajstić information content (AvgIpc) is 3.10. The average molecular weight is 387 g/mol. The molecule has 2 aliphatic rings. The van der Waals surface area contributed by atoms with Crippen LogP contribution in [0.5, 0.6) is 0 Å². The van der Waals surface area contributed by atoms with Crippen molar-refractivity contribution in [3.63, 3.8) is 0 Å². The molecule has 0 radical (unpaired) electrons. The number of amides is 1. The number of nitrogens with zero attached hydrogens (tertiary/aromatic N) is 1. The van der Waals surface area contributed by atoms with Crippen LogP contribution in [-0.4, -0.2) is 42.4 Å². The summed E-state index contributed by atoms with van der Waals surface area (Å²) in [6, 6.07) is 9.81. The van der Waals surface area contributed by atoms with Crippen molar-refractivity contribution < 1.29 is 18.8 Å². The van der Waals surface area contributed by atoms with E-state index in [1.54, 1.807) is 0 Å². The Bertz CT molecular complexity index is 648. The number of hydrogen-bond acceptors (Lipinski definition) is 4. The molecule has 1 aromatic rings. The van der Waals surface area contributed by atoms with Gasteiger partial charge in [0.25, 0.3) is 0 Å². The van der Waals surface area contributed by atoms with Crippen LogP contribution >= 0.6 is 0 Å². The number of hydrogen-bond donors (Lipinski definition) is 0. The molecule has 0 spiro atoms. The van der Waals surface area contributed by atoms with Crippen LogP contribution in [0.1, 0.15) is 53.0 Å². The smallest absolute Gasteiger partial charge is 0.445 e. The monoisotopic (exact) mass is 387 g/mol. The fourth-order valence-corrected chi connectivity index (χ4v) is 4.00. The van der Waals surface area contributed by atoms with Crippen molar-refractivity contribution in [2.45, 2.75) is 71.6 Å². The lowest BCUT2D eigenvalue weighted by Crippen LogP contribution is -2.41. The predicted molar refractivity (Wildman–Crippen MR) is 111 cm³/mol. The Kier molecular flexibility index (Phi) is 6.40. The summed E-state index contributed by atoms with van der Waals surface area (Å²) in [7, 11) is -0.131. The zero-order valence-corrected chi connectivity index (χ0v) is 17.9. The second kappa shape index (κ2) is 8.46. The fraction of sp³-hybridized carbons (Fsp3) is 0.682. The van der Waals surface area contributed by atoms with Gasteiger partial charge >= 0.3 is 13.2 Å². The molecule has 2 saturated heterocycles. The SMILES string of the molecule is CC1CN(C(=O)OCc2ccccc2)CC1CCCB1OC(C)(C)C(C)(C)O1. The summed E-state index contributed by atoms with van der Waals surface area (Å²) >= 11 is 0. The van der Waals surface area contributed by atoms with E-state index < -0.39 is 0 Å². The van der Waals surface area contributed by atoms with Gasteiger partial charge in [-0.05, 0) is 57.8 Å². The number of carbonyl (C=O) groups excluding carboxylic acids is 1. The summed E-state index contributed by atoms with van der Waals surface area (Å²) in [6.07, 6.45) is 2.81. The molecule has 28 heavy (non-hydrogen) atoms. The van der Waals surface area contributed by atoms with E-state index in [0.717, 1.165) is 37.8 Å². The van der Waals surface area contributed by atoms with Crippen molar-refractivity contribution in [2.75, 3.05) is 13.1 Å². The van der Waals surface area contributed by atoms with E-state index in [4.69, 9.17) is 14.0 Å². The maximum atomic E-state index is 12.4. The van der Waals surface area contributed by atoms with E-state index in [1.807, 2.05) is 35.2 Å². The Morgan fingerprint density at radius 1 is 1.14 bits per heavy atom. The first-order valence-corrected chi connectivity index (χ1v) is 10.5. The molecule has 6 heteroatoms. The van der Waals surface area contributed by atoms with Crippen molar-refractivity contribution >= 4 is 13.2 Å². The van der Waals surface area contributed by atoms with E-state index >= 15 is 0 Å². The van der Waals surface area contributed by atoms with Gasteiger partial charge in [-0.2, -0.15) is 0 Å². The molecule has 0 aliphatic carbocycles. The van der Waals surface area contributed by atoms with Crippen molar-refractivity contribution in [1.29, 1.82) is 0 Å². The molecular formula is C22H34BNO4. The van der Waals surface area contributed by atoms with E-state index in [-0.39, 0.29) is 24.4 Å². The zero-order valence-electron chi connectivity index (χ0n) is 17.9. The van der Waals surface area contributed by atoms with Crippen LogP contribution in [0.25, 0.3) is 0 Å². The highest BCUT2D eigenvalue weighted by Crippen LogP contribution is 2.38. The number of benzene rings is 1. The third-order valence-electron chi connectivity index (χ3n) is 6.55. The third-order valence-corrected chi connectivity index (χ3v) is 6.55. The van der Waals surface area contributed by atoms with Crippen molar-refractivity contribution in [3.8, 4) is 0 Å². The highest BCUT2D eigenvalue weighted by molar-refractivity contribution is 6.45. The Labute approximate surface area is 169 Å². The highest BCUT2D eigenvalue weighted by atomic mass is 16.7. The third kappa shape index (κ3) is 4.90. The molecule has 1 aromatic carbocycles. The first-order chi connectivity index (χ1) is 13.2. The molecule has 154 valence electrons. The predicted octanol–water partition coefficient (Wildman–Crippen LogP) is 4.76. The number of rotatable bonds is 6. The molecule has 0 N–H and O–H groups in total. The molecule has 0 bridgehead atoms. The molecule has 0 aromatic heterocycles. The normalized spacial score (nSPS) is 25.9. The topological polar surface area (TPSA) is 48.0 Å². The van der Waals surface area contributed by atoms with Gasteiger partial charge in [-0.3, -0.25) is 0 Å². The first kappa shape index (κ1) is 21.2. The van der Waals surface area contributed by atoms with E-state index in [9.17, 15) is 4.79 Å². The molecular weight excluding hydrogens is 353 g/mol. The molecule has 2 aliphatic heterocycles. The van der Waals surface area contributed by atoms with Crippen LogP contribution in [0.3, 0.4) is 0 Å². The van der Waals surface area contributed by atoms with Crippen molar-refractivity contribution in [1.82, 2.24) is 4.90 Å². The summed E-state index contributed by atoms with van der Waals surface area (Å²) in [5.41, 5.74) is 0.483. The molecule has 2 unspecified atom stereocenters. The molecule has 3 rings (SSSR count). The Hall–Kier alpha value is -1.53. The van der Waals surface area contributed by atoms with Gasteiger partial charge in [0, 0.05) is 13.1 Å². The molecule has 1 amide bonds. The minimum atomic E-state index is -0.266. The number of ether oxygens (including phenoxy) is 1. The lowest BCUT2D eigenvalue weighted by atomic mass is 9.80. The maximum Gasteiger partial charge on any atom is 0.457 e. The lowest BCUT2D eigenvalue weighted by Gasteiger charge is -2.32.